The van der Waals surface area contributed by atoms with Crippen LogP contribution >= 0.6 is 0 Å². The van der Waals surface area contributed by atoms with Crippen molar-refractivity contribution in [1.29, 1.82) is 0 Å². The highest BCUT2D eigenvalue weighted by molar-refractivity contribution is 5.76. The predicted molar refractivity (Wildman–Crippen MR) is 305 cm³/mol. The van der Waals surface area contributed by atoms with Crippen molar-refractivity contribution in [3.63, 3.8) is 0 Å². The first-order valence-corrected chi connectivity index (χ1v) is 30.5. The molecule has 17 unspecified atom stereocenters. The van der Waals surface area contributed by atoms with Gasteiger partial charge >= 0.3 is 0 Å². The number of carbonyl (C=O) groups excluding carboxylic acids is 1. The summed E-state index contributed by atoms with van der Waals surface area (Å²) in [5, 5.41) is 120. The van der Waals surface area contributed by atoms with Gasteiger partial charge in [0, 0.05) is 6.42 Å². The molecular formula is C61H107NO18. The van der Waals surface area contributed by atoms with Gasteiger partial charge in [-0.2, -0.15) is 0 Å². The van der Waals surface area contributed by atoms with Crippen LogP contribution in [-0.4, -0.2) is 193 Å². The van der Waals surface area contributed by atoms with Gasteiger partial charge in [-0.1, -0.05) is 184 Å². The Kier molecular flexibility index (Phi) is 39.5. The van der Waals surface area contributed by atoms with E-state index in [1.54, 1.807) is 6.08 Å². The Bertz CT molecular complexity index is 1700. The van der Waals surface area contributed by atoms with E-state index in [0.717, 1.165) is 77.0 Å². The molecule has 12 N–H and O–H groups in total. The highest BCUT2D eigenvalue weighted by atomic mass is 16.8. The minimum Gasteiger partial charge on any atom is -0.394 e. The topological polar surface area (TPSA) is 307 Å². The standard InChI is InChI=1S/C61H107NO18/c1-3-5-7-9-11-13-15-17-19-21-23-24-26-28-30-32-34-36-38-45(66)44(62-49(67)39-37-35-33-31-29-27-25-22-20-18-16-14-12-10-8-6-4-2)43-75-59-55(73)52(70)57(47(41-64)77-59)80-61-56(74)53(71)58(48(42-65)78-61)79-60-54(72)51(69)50(68)46(40-63)76-60/h6,8,12,14,18,20,25,27,36,38,44-48,50-61,63-66,68-74H,3-5,7,9-11,13,15-17,19,21-24,26,28-35,37,39-43H2,1-2H3,(H,62,67)/b8-6-,14-12-,20-18-,27-25-,38-36+. The van der Waals surface area contributed by atoms with Crippen molar-refractivity contribution in [2.45, 2.75) is 291 Å². The molecule has 19 heteroatoms. The first-order valence-electron chi connectivity index (χ1n) is 30.5. The van der Waals surface area contributed by atoms with E-state index in [2.05, 4.69) is 67.8 Å². The number of unbranched alkanes of at least 4 members (excludes halogenated alkanes) is 20. The van der Waals surface area contributed by atoms with Gasteiger partial charge in [0.25, 0.3) is 0 Å². The third kappa shape index (κ3) is 27.5. The fraction of sp³-hybridized carbons (Fsp3) is 0.820. The van der Waals surface area contributed by atoms with Crippen molar-refractivity contribution >= 4 is 5.91 Å². The smallest absolute Gasteiger partial charge is 0.220 e. The number of hydrogen-bond donors (Lipinski definition) is 12. The molecule has 0 spiro atoms. The largest absolute Gasteiger partial charge is 0.394 e. The van der Waals surface area contributed by atoms with Gasteiger partial charge in [0.2, 0.25) is 5.91 Å². The zero-order valence-electron chi connectivity index (χ0n) is 48.3. The lowest BCUT2D eigenvalue weighted by molar-refractivity contribution is -0.379. The molecule has 0 aromatic rings. The van der Waals surface area contributed by atoms with Gasteiger partial charge in [0.1, 0.15) is 73.2 Å². The summed E-state index contributed by atoms with van der Waals surface area (Å²) in [4.78, 5) is 13.3. The van der Waals surface area contributed by atoms with Crippen molar-refractivity contribution in [2.75, 3.05) is 26.4 Å². The molecule has 3 aliphatic rings. The number of rotatable bonds is 44. The van der Waals surface area contributed by atoms with Crippen LogP contribution in [-0.2, 0) is 33.2 Å². The monoisotopic (exact) mass is 1140 g/mol. The Morgan fingerprint density at radius 1 is 0.463 bits per heavy atom. The van der Waals surface area contributed by atoms with Crippen LogP contribution in [0.25, 0.3) is 0 Å². The zero-order chi connectivity index (χ0) is 58.3. The van der Waals surface area contributed by atoms with E-state index in [0.29, 0.717) is 6.42 Å². The summed E-state index contributed by atoms with van der Waals surface area (Å²) in [6.45, 7) is 1.58. The highest BCUT2D eigenvalue weighted by Gasteiger charge is 2.53. The van der Waals surface area contributed by atoms with Gasteiger partial charge in [0.05, 0.1) is 38.6 Å². The lowest BCUT2D eigenvalue weighted by Crippen LogP contribution is -2.66. The van der Waals surface area contributed by atoms with Gasteiger partial charge in [-0.15, -0.1) is 0 Å². The average Bonchev–Trinajstić information content (AvgIpc) is 3.50. The van der Waals surface area contributed by atoms with Crippen LogP contribution in [0.1, 0.15) is 187 Å². The fourth-order valence-corrected chi connectivity index (χ4v) is 10.1. The van der Waals surface area contributed by atoms with E-state index in [1.165, 1.54) is 83.5 Å². The summed E-state index contributed by atoms with van der Waals surface area (Å²) in [5.41, 5.74) is 0. The Morgan fingerprint density at radius 3 is 1.35 bits per heavy atom. The second-order valence-corrected chi connectivity index (χ2v) is 21.8. The van der Waals surface area contributed by atoms with E-state index in [-0.39, 0.29) is 18.9 Å². The van der Waals surface area contributed by atoms with Gasteiger partial charge in [-0.25, -0.2) is 0 Å². The molecule has 0 saturated carbocycles. The number of ether oxygens (including phenoxy) is 6. The average molecular weight is 1140 g/mol. The number of aliphatic hydroxyl groups excluding tert-OH is 11. The first-order chi connectivity index (χ1) is 38.8. The Hall–Kier alpha value is -2.51. The van der Waals surface area contributed by atoms with Crippen LogP contribution in [0.5, 0.6) is 0 Å². The normalized spacial score (nSPS) is 30.4. The van der Waals surface area contributed by atoms with Crippen molar-refractivity contribution in [3.8, 4) is 0 Å². The second kappa shape index (κ2) is 44.0. The molecule has 80 heavy (non-hydrogen) atoms. The Morgan fingerprint density at radius 2 is 0.863 bits per heavy atom. The van der Waals surface area contributed by atoms with Gasteiger partial charge in [-0.3, -0.25) is 4.79 Å². The third-order valence-corrected chi connectivity index (χ3v) is 15.1. The molecule has 3 saturated heterocycles. The van der Waals surface area contributed by atoms with Crippen LogP contribution < -0.4 is 5.32 Å². The van der Waals surface area contributed by atoms with Gasteiger partial charge in [-0.05, 0) is 57.8 Å². The van der Waals surface area contributed by atoms with Gasteiger partial charge < -0.3 is 89.9 Å². The third-order valence-electron chi connectivity index (χ3n) is 15.1. The number of amides is 1. The molecule has 0 radical (unpaired) electrons. The molecule has 3 rings (SSSR count). The van der Waals surface area contributed by atoms with Crippen molar-refractivity contribution in [3.05, 3.63) is 60.8 Å². The fourth-order valence-electron chi connectivity index (χ4n) is 10.1. The SMILES string of the molecule is CC/C=C\C/C=C\C/C=C\C/C=C\CCCCCCC(=O)NC(COC1OC(CO)C(OC2OC(CO)C(OC3OC(CO)C(O)C(O)C3O)C(O)C2O)C(O)C1O)C(O)/C=C/CCCCCCCCCCCCCCCCCC. The maximum Gasteiger partial charge on any atom is 0.220 e. The van der Waals surface area contributed by atoms with Crippen molar-refractivity contribution in [2.24, 2.45) is 0 Å². The zero-order valence-corrected chi connectivity index (χ0v) is 48.3. The van der Waals surface area contributed by atoms with Crippen LogP contribution in [0, 0.1) is 0 Å². The number of nitrogens with one attached hydrogen (secondary N) is 1. The molecule has 3 heterocycles. The molecule has 17 atom stereocenters. The van der Waals surface area contributed by atoms with E-state index in [1.807, 2.05) is 6.08 Å². The van der Waals surface area contributed by atoms with E-state index >= 15 is 0 Å². The molecule has 19 nitrogen and oxygen atoms in total. The predicted octanol–water partition coefficient (Wildman–Crippen LogP) is 5.65. The second-order valence-electron chi connectivity index (χ2n) is 21.8. The van der Waals surface area contributed by atoms with Crippen LogP contribution in [0.3, 0.4) is 0 Å². The van der Waals surface area contributed by atoms with Crippen molar-refractivity contribution in [1.82, 2.24) is 5.32 Å². The summed E-state index contributed by atoms with van der Waals surface area (Å²) in [6.07, 6.45) is 23.4. The Balaban J connectivity index is 1.52. The van der Waals surface area contributed by atoms with Crippen LogP contribution in [0.15, 0.2) is 60.8 Å². The molecule has 3 fully saturated rings. The molecule has 0 aromatic carbocycles. The minimum absolute atomic E-state index is 0.213. The number of carbonyl (C=O) groups is 1. The highest BCUT2D eigenvalue weighted by Crippen LogP contribution is 2.33. The number of aliphatic hydroxyl groups is 11. The maximum absolute atomic E-state index is 13.3. The Labute approximate surface area is 477 Å². The van der Waals surface area contributed by atoms with E-state index in [9.17, 15) is 61.0 Å². The summed E-state index contributed by atoms with van der Waals surface area (Å²) in [7, 11) is 0. The molecule has 0 aromatic heterocycles. The molecule has 3 aliphatic heterocycles. The summed E-state index contributed by atoms with van der Waals surface area (Å²) >= 11 is 0. The van der Waals surface area contributed by atoms with Crippen LogP contribution in [0.4, 0.5) is 0 Å². The van der Waals surface area contributed by atoms with Crippen LogP contribution in [0.2, 0.25) is 0 Å². The lowest BCUT2D eigenvalue weighted by atomic mass is 9.96. The summed E-state index contributed by atoms with van der Waals surface area (Å²) in [6, 6.07) is -0.988. The first kappa shape index (κ1) is 71.8. The molecule has 0 bridgehead atoms. The summed E-state index contributed by atoms with van der Waals surface area (Å²) < 4.78 is 34.2. The van der Waals surface area contributed by atoms with E-state index < -0.39 is 124 Å². The molecule has 0 aliphatic carbocycles. The minimum atomic E-state index is -1.98. The lowest BCUT2D eigenvalue weighted by Gasteiger charge is -2.48. The summed E-state index contributed by atoms with van der Waals surface area (Å²) in [5.74, 6) is -0.301. The maximum atomic E-state index is 13.3. The molecule has 464 valence electrons. The number of allylic oxidation sites excluding steroid dienone is 9. The molecular weight excluding hydrogens is 1030 g/mol. The van der Waals surface area contributed by atoms with E-state index in [4.69, 9.17) is 28.4 Å². The van der Waals surface area contributed by atoms with Crippen molar-refractivity contribution < 1.29 is 89.4 Å². The molecule has 1 amide bonds. The quantitative estimate of drug-likeness (QED) is 0.0259. The number of hydrogen-bond acceptors (Lipinski definition) is 18. The van der Waals surface area contributed by atoms with Gasteiger partial charge in [0.15, 0.2) is 18.9 Å².